The lowest BCUT2D eigenvalue weighted by Crippen LogP contribution is -2.08. The van der Waals surface area contributed by atoms with Crippen LogP contribution in [0.25, 0.3) is 58.5 Å². The molecular formula is C34H24N2S. The van der Waals surface area contributed by atoms with Gasteiger partial charge in [-0.25, -0.2) is 0 Å². The average Bonchev–Trinajstić information content (AvgIpc) is 3.35. The number of thiophene rings is 1. The highest BCUT2D eigenvalue weighted by molar-refractivity contribution is 7.26. The maximum atomic E-state index is 9.26. The molecule has 37 heavy (non-hydrogen) atoms. The summed E-state index contributed by atoms with van der Waals surface area (Å²) in [5.74, 6) is 0. The number of hydrogen-bond acceptors (Lipinski definition) is 3. The van der Waals surface area contributed by atoms with E-state index in [1.165, 1.54) is 47.3 Å². The minimum atomic E-state index is 0.500. The van der Waals surface area contributed by atoms with Crippen LogP contribution in [-0.2, 0) is 0 Å². The van der Waals surface area contributed by atoms with E-state index in [1.807, 2.05) is 30.5 Å². The zero-order valence-electron chi connectivity index (χ0n) is 20.4. The number of fused-ring (bicyclic) bond motifs is 3. The van der Waals surface area contributed by atoms with E-state index in [-0.39, 0.29) is 0 Å². The molecule has 2 nitrogen and oxygen atoms in total. The van der Waals surface area contributed by atoms with Crippen molar-refractivity contribution in [2.24, 2.45) is 0 Å². The van der Waals surface area contributed by atoms with Crippen molar-refractivity contribution in [3.05, 3.63) is 126 Å². The molecule has 0 spiro atoms. The second kappa shape index (κ2) is 8.58. The summed E-state index contributed by atoms with van der Waals surface area (Å²) in [6, 6.07) is 38.4. The van der Waals surface area contributed by atoms with Crippen molar-refractivity contribution in [1.29, 1.82) is 5.41 Å². The van der Waals surface area contributed by atoms with Crippen LogP contribution in [0.2, 0.25) is 0 Å². The zero-order valence-corrected chi connectivity index (χ0v) is 21.2. The molecule has 3 heteroatoms. The van der Waals surface area contributed by atoms with Crippen molar-refractivity contribution in [2.75, 3.05) is 7.05 Å². The maximum absolute atomic E-state index is 9.26. The average molecular weight is 493 g/mol. The van der Waals surface area contributed by atoms with Gasteiger partial charge in [0.2, 0.25) is 0 Å². The summed E-state index contributed by atoms with van der Waals surface area (Å²) in [6.07, 6.45) is 1.97. The second-order valence-corrected chi connectivity index (χ2v) is 10.4. The van der Waals surface area contributed by atoms with Gasteiger partial charge in [0.1, 0.15) is 0 Å². The molecule has 0 bridgehead atoms. The molecule has 0 aliphatic carbocycles. The largest absolute Gasteiger partial charge is 0.388 e. The standard InChI is InChI=1S/C34H24N2S/c1-36-29(23-12-7-11-22(19-23)21-9-3-2-4-10-21)20-28(35)27-17-18-31-34-32(27)25-14-6-5-13-24(25)26-15-8-16-30(37-31)33(26)34/h2-20,35-36H,1H3/b29-20-,35-28?. The summed E-state index contributed by atoms with van der Waals surface area (Å²) >= 11 is 1.84. The zero-order chi connectivity index (χ0) is 24.9. The molecule has 0 aliphatic heterocycles. The van der Waals surface area contributed by atoms with Gasteiger partial charge in [0.05, 0.1) is 5.71 Å². The highest BCUT2D eigenvalue weighted by atomic mass is 32.1. The van der Waals surface area contributed by atoms with Crippen LogP contribution >= 0.6 is 11.3 Å². The number of benzene rings is 6. The quantitative estimate of drug-likeness (QED) is 0.182. The lowest BCUT2D eigenvalue weighted by Gasteiger charge is -2.14. The van der Waals surface area contributed by atoms with Crippen molar-refractivity contribution < 1.29 is 0 Å². The van der Waals surface area contributed by atoms with E-state index in [4.69, 9.17) is 0 Å². The number of rotatable bonds is 5. The Balaban J connectivity index is 1.42. The Morgan fingerprint density at radius 3 is 2.16 bits per heavy atom. The van der Waals surface area contributed by atoms with Gasteiger partial charge >= 0.3 is 0 Å². The Morgan fingerprint density at radius 2 is 1.32 bits per heavy atom. The first-order valence-corrected chi connectivity index (χ1v) is 13.3. The predicted molar refractivity (Wildman–Crippen MR) is 161 cm³/mol. The van der Waals surface area contributed by atoms with E-state index in [0.29, 0.717) is 5.71 Å². The monoisotopic (exact) mass is 492 g/mol. The first-order valence-electron chi connectivity index (χ1n) is 12.4. The molecular weight excluding hydrogens is 468 g/mol. The Labute approximate surface area is 219 Å². The van der Waals surface area contributed by atoms with Crippen molar-refractivity contribution in [3.63, 3.8) is 0 Å². The molecule has 0 atom stereocenters. The van der Waals surface area contributed by atoms with Crippen LogP contribution < -0.4 is 5.32 Å². The van der Waals surface area contributed by atoms with Crippen LogP contribution in [0.4, 0.5) is 0 Å². The van der Waals surface area contributed by atoms with Gasteiger partial charge in [-0.3, -0.25) is 0 Å². The van der Waals surface area contributed by atoms with Gasteiger partial charge in [-0.1, -0.05) is 91.0 Å². The molecule has 7 rings (SSSR count). The molecule has 2 N–H and O–H groups in total. The molecule has 0 saturated carbocycles. The molecule has 0 aliphatic rings. The van der Waals surface area contributed by atoms with Crippen LogP contribution in [0.5, 0.6) is 0 Å². The normalized spacial score (nSPS) is 12.2. The van der Waals surface area contributed by atoms with Crippen LogP contribution in [0, 0.1) is 5.41 Å². The number of nitrogens with one attached hydrogen (secondary N) is 2. The predicted octanol–water partition coefficient (Wildman–Crippen LogP) is 9.09. The molecule has 1 aromatic heterocycles. The van der Waals surface area contributed by atoms with Crippen molar-refractivity contribution in [3.8, 4) is 11.1 Å². The minimum absolute atomic E-state index is 0.500. The smallest absolute Gasteiger partial charge is 0.0639 e. The van der Waals surface area contributed by atoms with Crippen LogP contribution in [0.15, 0.2) is 115 Å². The van der Waals surface area contributed by atoms with Gasteiger partial charge in [-0.2, -0.15) is 0 Å². The molecule has 0 saturated heterocycles. The van der Waals surface area contributed by atoms with E-state index in [2.05, 4.69) is 108 Å². The van der Waals surface area contributed by atoms with Crippen molar-refractivity contribution in [2.45, 2.75) is 0 Å². The van der Waals surface area contributed by atoms with Gasteiger partial charge < -0.3 is 10.7 Å². The summed E-state index contributed by atoms with van der Waals surface area (Å²) in [5.41, 5.74) is 5.79. The van der Waals surface area contributed by atoms with Crippen LogP contribution in [0.1, 0.15) is 11.1 Å². The highest BCUT2D eigenvalue weighted by Gasteiger charge is 2.19. The Morgan fingerprint density at radius 1 is 0.649 bits per heavy atom. The third-order valence-electron chi connectivity index (χ3n) is 7.28. The van der Waals surface area contributed by atoms with E-state index in [1.54, 1.807) is 0 Å². The Kier molecular flexibility index (Phi) is 5.05. The highest BCUT2D eigenvalue weighted by Crippen LogP contribution is 2.46. The Hall–Kier alpha value is -4.47. The molecule has 0 fully saturated rings. The molecule has 6 aromatic carbocycles. The first-order chi connectivity index (χ1) is 18.2. The lowest BCUT2D eigenvalue weighted by atomic mass is 9.90. The fourth-order valence-corrected chi connectivity index (χ4v) is 6.73. The number of allylic oxidation sites excluding steroid dienone is 1. The SMILES string of the molecule is CN/C(=C\C(=N)c1ccc2sc3cccc4c5ccccc5c1c2c34)c1cccc(-c2ccccc2)c1. The van der Waals surface area contributed by atoms with Gasteiger partial charge in [0, 0.05) is 43.9 Å². The maximum Gasteiger partial charge on any atom is 0.0639 e. The summed E-state index contributed by atoms with van der Waals surface area (Å²) < 4.78 is 2.58. The van der Waals surface area contributed by atoms with Crippen molar-refractivity contribution in [1.82, 2.24) is 5.32 Å². The minimum Gasteiger partial charge on any atom is -0.388 e. The first kappa shape index (κ1) is 21.8. The lowest BCUT2D eigenvalue weighted by molar-refractivity contribution is 1.13. The summed E-state index contributed by atoms with van der Waals surface area (Å²) in [7, 11) is 1.93. The van der Waals surface area contributed by atoms with E-state index >= 15 is 0 Å². The second-order valence-electron chi connectivity index (χ2n) is 9.36. The van der Waals surface area contributed by atoms with Gasteiger partial charge in [-0.05, 0) is 57.1 Å². The van der Waals surface area contributed by atoms with Crippen molar-refractivity contribution >= 4 is 64.5 Å². The van der Waals surface area contributed by atoms with Gasteiger partial charge in [0.15, 0.2) is 0 Å². The summed E-state index contributed by atoms with van der Waals surface area (Å²) in [5, 5.41) is 20.1. The third-order valence-corrected chi connectivity index (χ3v) is 8.40. The summed E-state index contributed by atoms with van der Waals surface area (Å²) in [4.78, 5) is 0. The van der Waals surface area contributed by atoms with E-state index in [0.717, 1.165) is 22.4 Å². The van der Waals surface area contributed by atoms with Gasteiger partial charge in [-0.15, -0.1) is 11.3 Å². The number of hydrogen-bond donors (Lipinski definition) is 2. The van der Waals surface area contributed by atoms with E-state index in [9.17, 15) is 5.41 Å². The van der Waals surface area contributed by atoms with E-state index < -0.39 is 0 Å². The molecule has 0 radical (unpaired) electrons. The molecule has 0 amide bonds. The van der Waals surface area contributed by atoms with Crippen LogP contribution in [0.3, 0.4) is 0 Å². The molecule has 1 heterocycles. The van der Waals surface area contributed by atoms with Gasteiger partial charge in [0.25, 0.3) is 0 Å². The Bertz CT molecular complexity index is 1980. The molecule has 176 valence electrons. The van der Waals surface area contributed by atoms with Crippen LogP contribution in [-0.4, -0.2) is 12.8 Å². The molecule has 0 unspecified atom stereocenters. The summed E-state index contributed by atoms with van der Waals surface area (Å²) in [6.45, 7) is 0. The molecule has 7 aromatic rings. The third kappa shape index (κ3) is 3.43. The fraction of sp³-hybridized carbons (Fsp3) is 0.0294. The topological polar surface area (TPSA) is 35.9 Å². The fourth-order valence-electron chi connectivity index (χ4n) is 5.59.